The third-order valence-electron chi connectivity index (χ3n) is 4.10. The lowest BCUT2D eigenvalue weighted by molar-refractivity contribution is -0.122. The predicted octanol–water partition coefficient (Wildman–Crippen LogP) is 5.30. The summed E-state index contributed by atoms with van der Waals surface area (Å²) in [5, 5.41) is 5.41. The largest absolute Gasteiger partial charge is 0.495 e. The van der Waals surface area contributed by atoms with Crippen molar-refractivity contribution in [2.24, 2.45) is 0 Å². The molecule has 0 radical (unpaired) electrons. The smallest absolute Gasteiger partial charge is 0.265 e. The lowest BCUT2D eigenvalue weighted by Crippen LogP contribution is -2.32. The fraction of sp³-hybridized carbons (Fsp3) is 0.190. The molecule has 26 heavy (non-hydrogen) atoms. The minimum absolute atomic E-state index is 0.249. The van der Waals surface area contributed by atoms with Crippen molar-refractivity contribution in [3.05, 3.63) is 65.7 Å². The van der Waals surface area contributed by atoms with Crippen LogP contribution in [-0.2, 0) is 4.79 Å². The Morgan fingerprint density at radius 2 is 1.85 bits per heavy atom. The standard InChI is InChI=1S/C21H20ClNO3/c1-3-18(21(24)23-17-13-15(22)11-12-20(17)25-2)26-19-10-6-8-14-7-4-5-9-16(14)19/h4-13,18H,3H2,1-2H3,(H,23,24). The molecule has 134 valence electrons. The highest BCUT2D eigenvalue weighted by Crippen LogP contribution is 2.29. The summed E-state index contributed by atoms with van der Waals surface area (Å²) in [6.07, 6.45) is -0.109. The van der Waals surface area contributed by atoms with Gasteiger partial charge in [0.2, 0.25) is 0 Å². The van der Waals surface area contributed by atoms with Crippen molar-refractivity contribution in [3.63, 3.8) is 0 Å². The minimum atomic E-state index is -0.635. The Hall–Kier alpha value is -2.72. The zero-order valence-corrected chi connectivity index (χ0v) is 15.4. The third kappa shape index (κ3) is 3.92. The van der Waals surface area contributed by atoms with E-state index >= 15 is 0 Å². The van der Waals surface area contributed by atoms with Crippen LogP contribution < -0.4 is 14.8 Å². The van der Waals surface area contributed by atoms with Gasteiger partial charge in [-0.1, -0.05) is 54.9 Å². The number of ether oxygens (including phenoxy) is 2. The first kappa shape index (κ1) is 18.1. The number of rotatable bonds is 6. The molecule has 1 atom stereocenters. The molecular weight excluding hydrogens is 350 g/mol. The molecule has 0 saturated carbocycles. The zero-order valence-electron chi connectivity index (χ0n) is 14.7. The number of benzene rings is 3. The second-order valence-corrected chi connectivity index (χ2v) is 6.26. The van der Waals surface area contributed by atoms with Gasteiger partial charge in [-0.25, -0.2) is 0 Å². The molecule has 4 nitrogen and oxygen atoms in total. The summed E-state index contributed by atoms with van der Waals surface area (Å²) in [5.74, 6) is 0.979. The van der Waals surface area contributed by atoms with Crippen LogP contribution in [0.15, 0.2) is 60.7 Å². The summed E-state index contributed by atoms with van der Waals surface area (Å²) in [5.41, 5.74) is 0.518. The van der Waals surface area contributed by atoms with Gasteiger partial charge in [0.15, 0.2) is 6.10 Å². The maximum Gasteiger partial charge on any atom is 0.265 e. The Bertz CT molecular complexity index is 921. The van der Waals surface area contributed by atoms with Gasteiger partial charge in [-0.15, -0.1) is 0 Å². The van der Waals surface area contributed by atoms with Crippen molar-refractivity contribution in [1.82, 2.24) is 0 Å². The van der Waals surface area contributed by atoms with Crippen molar-refractivity contribution in [1.29, 1.82) is 0 Å². The molecule has 0 fully saturated rings. The number of methoxy groups -OCH3 is 1. The molecule has 0 saturated heterocycles. The highest BCUT2D eigenvalue weighted by molar-refractivity contribution is 6.31. The molecule has 0 aromatic heterocycles. The van der Waals surface area contributed by atoms with Crippen molar-refractivity contribution in [2.45, 2.75) is 19.4 Å². The first-order valence-corrected chi connectivity index (χ1v) is 8.79. The first-order chi connectivity index (χ1) is 12.6. The van der Waals surface area contributed by atoms with Crippen LogP contribution >= 0.6 is 11.6 Å². The molecule has 3 aromatic carbocycles. The Morgan fingerprint density at radius 3 is 2.62 bits per heavy atom. The van der Waals surface area contributed by atoms with Gasteiger partial charge in [0, 0.05) is 10.4 Å². The SMILES string of the molecule is CCC(Oc1cccc2ccccc12)C(=O)Nc1cc(Cl)ccc1OC. The second kappa shape index (κ2) is 8.11. The van der Waals surface area contributed by atoms with Gasteiger partial charge in [0.25, 0.3) is 5.91 Å². The number of fused-ring (bicyclic) bond motifs is 1. The topological polar surface area (TPSA) is 47.6 Å². The van der Waals surface area contributed by atoms with Crippen LogP contribution in [0, 0.1) is 0 Å². The van der Waals surface area contributed by atoms with E-state index in [0.717, 1.165) is 10.8 Å². The second-order valence-electron chi connectivity index (χ2n) is 5.83. The minimum Gasteiger partial charge on any atom is -0.495 e. The van der Waals surface area contributed by atoms with Crippen LogP contribution in [0.5, 0.6) is 11.5 Å². The van der Waals surface area contributed by atoms with Crippen LogP contribution in [0.25, 0.3) is 10.8 Å². The van der Waals surface area contributed by atoms with Crippen LogP contribution in [0.1, 0.15) is 13.3 Å². The van der Waals surface area contributed by atoms with E-state index < -0.39 is 6.10 Å². The van der Waals surface area contributed by atoms with E-state index in [9.17, 15) is 4.79 Å². The molecule has 3 aromatic rings. The molecule has 1 unspecified atom stereocenters. The number of halogens is 1. The Balaban J connectivity index is 1.82. The number of carbonyl (C=O) groups is 1. The average Bonchev–Trinajstić information content (AvgIpc) is 2.66. The molecule has 0 aliphatic heterocycles. The van der Waals surface area contributed by atoms with Gasteiger partial charge in [-0.05, 0) is 36.1 Å². The summed E-state index contributed by atoms with van der Waals surface area (Å²) >= 11 is 6.03. The van der Waals surface area contributed by atoms with Gasteiger partial charge < -0.3 is 14.8 Å². The summed E-state index contributed by atoms with van der Waals surface area (Å²) in [6.45, 7) is 1.91. The lowest BCUT2D eigenvalue weighted by atomic mass is 10.1. The number of nitrogens with one attached hydrogen (secondary N) is 1. The molecule has 0 bridgehead atoms. The summed E-state index contributed by atoms with van der Waals surface area (Å²) in [6, 6.07) is 18.8. The number of hydrogen-bond donors (Lipinski definition) is 1. The highest BCUT2D eigenvalue weighted by atomic mass is 35.5. The van der Waals surface area contributed by atoms with E-state index in [1.165, 1.54) is 0 Å². The fourth-order valence-corrected chi connectivity index (χ4v) is 2.94. The molecule has 1 amide bonds. The van der Waals surface area contributed by atoms with Gasteiger partial charge in [0.05, 0.1) is 12.8 Å². The van der Waals surface area contributed by atoms with Crippen molar-refractivity contribution in [2.75, 3.05) is 12.4 Å². The van der Waals surface area contributed by atoms with E-state index in [1.807, 2.05) is 49.4 Å². The maximum atomic E-state index is 12.7. The molecule has 0 aliphatic rings. The normalized spacial score (nSPS) is 11.8. The van der Waals surface area contributed by atoms with Crippen LogP contribution in [0.3, 0.4) is 0 Å². The van der Waals surface area contributed by atoms with Crippen molar-refractivity contribution >= 4 is 34.0 Å². The lowest BCUT2D eigenvalue weighted by Gasteiger charge is -2.19. The summed E-state index contributed by atoms with van der Waals surface area (Å²) < 4.78 is 11.3. The molecule has 3 rings (SSSR count). The Kier molecular flexibility index (Phi) is 5.64. The quantitative estimate of drug-likeness (QED) is 0.641. The maximum absolute atomic E-state index is 12.7. The van der Waals surface area contributed by atoms with E-state index in [0.29, 0.717) is 28.6 Å². The van der Waals surface area contributed by atoms with E-state index in [-0.39, 0.29) is 5.91 Å². The summed E-state index contributed by atoms with van der Waals surface area (Å²) in [4.78, 5) is 12.7. The molecule has 0 heterocycles. The van der Waals surface area contributed by atoms with Crippen molar-refractivity contribution < 1.29 is 14.3 Å². The number of anilines is 1. The molecule has 0 aliphatic carbocycles. The van der Waals surface area contributed by atoms with Crippen LogP contribution in [-0.4, -0.2) is 19.1 Å². The molecule has 0 spiro atoms. The predicted molar refractivity (Wildman–Crippen MR) is 105 cm³/mol. The van der Waals surface area contributed by atoms with E-state index in [4.69, 9.17) is 21.1 Å². The first-order valence-electron chi connectivity index (χ1n) is 8.41. The van der Waals surface area contributed by atoms with Crippen LogP contribution in [0.4, 0.5) is 5.69 Å². The third-order valence-corrected chi connectivity index (χ3v) is 4.34. The Labute approximate surface area is 157 Å². The van der Waals surface area contributed by atoms with E-state index in [1.54, 1.807) is 25.3 Å². The monoisotopic (exact) mass is 369 g/mol. The molecular formula is C21H20ClNO3. The number of carbonyl (C=O) groups excluding carboxylic acids is 1. The molecule has 1 N–H and O–H groups in total. The number of hydrogen-bond acceptors (Lipinski definition) is 3. The fourth-order valence-electron chi connectivity index (χ4n) is 2.77. The summed E-state index contributed by atoms with van der Waals surface area (Å²) in [7, 11) is 1.54. The Morgan fingerprint density at radius 1 is 1.08 bits per heavy atom. The zero-order chi connectivity index (χ0) is 18.5. The van der Waals surface area contributed by atoms with Crippen LogP contribution in [0.2, 0.25) is 5.02 Å². The number of amides is 1. The van der Waals surface area contributed by atoms with Gasteiger partial charge in [-0.2, -0.15) is 0 Å². The van der Waals surface area contributed by atoms with Gasteiger partial charge >= 0.3 is 0 Å². The van der Waals surface area contributed by atoms with E-state index in [2.05, 4.69) is 5.32 Å². The van der Waals surface area contributed by atoms with Gasteiger partial charge in [0.1, 0.15) is 11.5 Å². The van der Waals surface area contributed by atoms with Gasteiger partial charge in [-0.3, -0.25) is 4.79 Å². The van der Waals surface area contributed by atoms with Crippen molar-refractivity contribution in [3.8, 4) is 11.5 Å². The average molecular weight is 370 g/mol. The highest BCUT2D eigenvalue weighted by Gasteiger charge is 2.21. The molecule has 5 heteroatoms.